The van der Waals surface area contributed by atoms with Gasteiger partial charge in [0, 0.05) is 6.42 Å². The Morgan fingerprint density at radius 1 is 1.19 bits per heavy atom. The molecule has 1 aromatic rings. The molecule has 1 N–H and O–H groups in total. The van der Waals surface area contributed by atoms with Crippen molar-refractivity contribution < 1.29 is 9.64 Å². The van der Waals surface area contributed by atoms with Crippen LogP contribution in [0.15, 0.2) is 24.3 Å². The summed E-state index contributed by atoms with van der Waals surface area (Å²) in [5.74, 6) is 0.790. The highest BCUT2D eigenvalue weighted by Gasteiger charge is 2.03. The zero-order chi connectivity index (χ0) is 11.8. The van der Waals surface area contributed by atoms with Gasteiger partial charge in [-0.1, -0.05) is 23.7 Å². The van der Waals surface area contributed by atoms with Crippen molar-refractivity contribution in [1.29, 1.82) is 0 Å². The molecule has 0 fully saturated rings. The zero-order valence-corrected chi connectivity index (χ0v) is 10.9. The van der Waals surface area contributed by atoms with Crippen molar-refractivity contribution in [1.82, 2.24) is 0 Å². The Bertz CT molecular complexity index is 300. The average molecular weight is 243 g/mol. The first-order valence-corrected chi connectivity index (χ1v) is 6.36. The summed E-state index contributed by atoms with van der Waals surface area (Å²) in [6, 6.07) is 7.62. The molecule has 0 amide bonds. The van der Waals surface area contributed by atoms with E-state index in [1.54, 1.807) is 4.90 Å². The molecular formula is C13H21ClNO+. The topological polar surface area (TPSA) is 13.7 Å². The van der Waals surface area contributed by atoms with Crippen LogP contribution in [0.4, 0.5) is 0 Å². The Kier molecular flexibility index (Phi) is 6.27. The van der Waals surface area contributed by atoms with Crippen LogP contribution in [0.25, 0.3) is 0 Å². The molecule has 16 heavy (non-hydrogen) atoms. The van der Waals surface area contributed by atoms with Crippen molar-refractivity contribution in [3.05, 3.63) is 29.3 Å². The van der Waals surface area contributed by atoms with Crippen LogP contribution >= 0.6 is 11.6 Å². The molecule has 0 atom stereocenters. The van der Waals surface area contributed by atoms with Crippen LogP contribution in [0.5, 0.6) is 5.75 Å². The largest absolute Gasteiger partial charge is 0.492 e. The molecule has 0 heterocycles. The zero-order valence-electron chi connectivity index (χ0n) is 10.1. The van der Waals surface area contributed by atoms with E-state index in [0.29, 0.717) is 5.02 Å². The first-order chi connectivity index (χ1) is 7.77. The monoisotopic (exact) mass is 242 g/mol. The first kappa shape index (κ1) is 13.3. The van der Waals surface area contributed by atoms with Crippen LogP contribution in [0.1, 0.15) is 20.3 Å². The van der Waals surface area contributed by atoms with Gasteiger partial charge in [0.1, 0.15) is 5.75 Å². The van der Waals surface area contributed by atoms with Crippen molar-refractivity contribution in [2.75, 3.05) is 26.2 Å². The van der Waals surface area contributed by atoms with E-state index in [2.05, 4.69) is 13.8 Å². The third kappa shape index (κ3) is 4.42. The number of benzene rings is 1. The lowest BCUT2D eigenvalue weighted by atomic mass is 10.3. The highest BCUT2D eigenvalue weighted by Crippen LogP contribution is 2.22. The first-order valence-electron chi connectivity index (χ1n) is 5.98. The molecule has 0 aliphatic rings. The van der Waals surface area contributed by atoms with Crippen molar-refractivity contribution in [3.8, 4) is 5.75 Å². The van der Waals surface area contributed by atoms with Gasteiger partial charge in [0.05, 0.1) is 31.3 Å². The van der Waals surface area contributed by atoms with Crippen LogP contribution in [-0.2, 0) is 0 Å². The maximum absolute atomic E-state index is 5.99. The molecule has 0 aliphatic carbocycles. The fourth-order valence-corrected chi connectivity index (χ4v) is 1.86. The third-order valence-electron chi connectivity index (χ3n) is 2.77. The molecule has 90 valence electrons. The van der Waals surface area contributed by atoms with E-state index in [9.17, 15) is 0 Å². The minimum atomic E-state index is 0.692. The van der Waals surface area contributed by atoms with E-state index in [0.717, 1.165) is 25.3 Å². The number of nitrogens with one attached hydrogen (secondary N) is 1. The van der Waals surface area contributed by atoms with Gasteiger partial charge in [-0.05, 0) is 26.0 Å². The van der Waals surface area contributed by atoms with Gasteiger partial charge < -0.3 is 9.64 Å². The van der Waals surface area contributed by atoms with Gasteiger partial charge >= 0.3 is 0 Å². The molecule has 0 unspecified atom stereocenters. The molecule has 1 rings (SSSR count). The van der Waals surface area contributed by atoms with Crippen LogP contribution < -0.4 is 9.64 Å². The lowest BCUT2D eigenvalue weighted by molar-refractivity contribution is -0.896. The normalized spacial score (nSPS) is 10.8. The average Bonchev–Trinajstić information content (AvgIpc) is 2.31. The molecule has 0 aromatic heterocycles. The molecule has 0 saturated heterocycles. The van der Waals surface area contributed by atoms with E-state index in [1.807, 2.05) is 24.3 Å². The SMILES string of the molecule is CC[NH+](CC)CCCOc1ccccc1Cl. The van der Waals surface area contributed by atoms with Crippen LogP contribution in [0.3, 0.4) is 0 Å². The van der Waals surface area contributed by atoms with E-state index < -0.39 is 0 Å². The minimum absolute atomic E-state index is 0.692. The Labute approximate surface area is 103 Å². The maximum Gasteiger partial charge on any atom is 0.137 e. The molecule has 0 saturated carbocycles. The fraction of sp³-hybridized carbons (Fsp3) is 0.538. The lowest BCUT2D eigenvalue weighted by Gasteiger charge is -2.15. The van der Waals surface area contributed by atoms with Gasteiger partial charge in [-0.3, -0.25) is 0 Å². The molecule has 3 heteroatoms. The number of rotatable bonds is 7. The van der Waals surface area contributed by atoms with E-state index in [-0.39, 0.29) is 0 Å². The quantitative estimate of drug-likeness (QED) is 0.723. The predicted octanol–water partition coefficient (Wildman–Crippen LogP) is 2.03. The van der Waals surface area contributed by atoms with Gasteiger partial charge in [-0.15, -0.1) is 0 Å². The van der Waals surface area contributed by atoms with E-state index in [1.165, 1.54) is 13.1 Å². The summed E-state index contributed by atoms with van der Waals surface area (Å²) in [5.41, 5.74) is 0. The lowest BCUT2D eigenvalue weighted by Crippen LogP contribution is -3.11. The van der Waals surface area contributed by atoms with Crippen molar-refractivity contribution in [3.63, 3.8) is 0 Å². The van der Waals surface area contributed by atoms with Gasteiger partial charge in [-0.25, -0.2) is 0 Å². The van der Waals surface area contributed by atoms with Crippen LogP contribution in [0.2, 0.25) is 5.02 Å². The van der Waals surface area contributed by atoms with E-state index in [4.69, 9.17) is 16.3 Å². The Hall–Kier alpha value is -0.730. The second-order valence-corrected chi connectivity index (χ2v) is 4.25. The fourth-order valence-electron chi connectivity index (χ4n) is 1.67. The molecule has 0 bridgehead atoms. The molecule has 1 aromatic carbocycles. The smallest absolute Gasteiger partial charge is 0.137 e. The minimum Gasteiger partial charge on any atom is -0.492 e. The van der Waals surface area contributed by atoms with Gasteiger partial charge in [0.25, 0.3) is 0 Å². The van der Waals surface area contributed by atoms with Gasteiger partial charge in [0.15, 0.2) is 0 Å². The van der Waals surface area contributed by atoms with Gasteiger partial charge in [0.2, 0.25) is 0 Å². The van der Waals surface area contributed by atoms with Crippen LogP contribution in [-0.4, -0.2) is 26.2 Å². The Morgan fingerprint density at radius 2 is 1.88 bits per heavy atom. The summed E-state index contributed by atoms with van der Waals surface area (Å²) in [4.78, 5) is 1.61. The van der Waals surface area contributed by atoms with Crippen LogP contribution in [0, 0.1) is 0 Å². The number of hydrogen-bond donors (Lipinski definition) is 1. The highest BCUT2D eigenvalue weighted by molar-refractivity contribution is 6.32. The second kappa shape index (κ2) is 7.53. The summed E-state index contributed by atoms with van der Waals surface area (Å²) < 4.78 is 5.63. The third-order valence-corrected chi connectivity index (χ3v) is 3.08. The summed E-state index contributed by atoms with van der Waals surface area (Å²) in [7, 11) is 0. The Morgan fingerprint density at radius 3 is 2.50 bits per heavy atom. The molecule has 2 nitrogen and oxygen atoms in total. The van der Waals surface area contributed by atoms with E-state index >= 15 is 0 Å². The standard InChI is InChI=1S/C13H20ClNO/c1-3-15(4-2)10-7-11-16-13-9-6-5-8-12(13)14/h5-6,8-9H,3-4,7,10-11H2,1-2H3/p+1. The highest BCUT2D eigenvalue weighted by atomic mass is 35.5. The second-order valence-electron chi connectivity index (χ2n) is 3.84. The number of hydrogen-bond acceptors (Lipinski definition) is 1. The summed E-state index contributed by atoms with van der Waals surface area (Å²) >= 11 is 5.99. The molecular weight excluding hydrogens is 222 g/mol. The molecule has 0 radical (unpaired) electrons. The van der Waals surface area contributed by atoms with Crippen molar-refractivity contribution in [2.45, 2.75) is 20.3 Å². The Balaban J connectivity index is 2.23. The number of quaternary nitrogens is 1. The molecule has 0 spiro atoms. The molecule has 0 aliphatic heterocycles. The van der Waals surface area contributed by atoms with Gasteiger partial charge in [-0.2, -0.15) is 0 Å². The number of ether oxygens (including phenoxy) is 1. The van der Waals surface area contributed by atoms with Crippen molar-refractivity contribution >= 4 is 11.6 Å². The summed E-state index contributed by atoms with van der Waals surface area (Å²) in [5, 5.41) is 0.692. The maximum atomic E-state index is 5.99. The summed E-state index contributed by atoms with van der Waals surface area (Å²) in [6.45, 7) is 8.71. The number of para-hydroxylation sites is 1. The predicted molar refractivity (Wildman–Crippen MR) is 68.5 cm³/mol. The van der Waals surface area contributed by atoms with Crippen molar-refractivity contribution in [2.24, 2.45) is 0 Å². The summed E-state index contributed by atoms with van der Waals surface area (Å²) in [6.07, 6.45) is 1.07. The number of halogens is 1.